The van der Waals surface area contributed by atoms with Crippen LogP contribution in [0.3, 0.4) is 0 Å². The Morgan fingerprint density at radius 2 is 1.57 bits per heavy atom. The molecule has 0 N–H and O–H groups in total. The van der Waals surface area contributed by atoms with E-state index < -0.39 is 0 Å². The normalized spacial score (nSPS) is 19.1. The van der Waals surface area contributed by atoms with Crippen LogP contribution in [0.4, 0.5) is 0 Å². The number of hydrogen-bond acceptors (Lipinski definition) is 0. The van der Waals surface area contributed by atoms with Crippen LogP contribution in [-0.2, 0) is 0 Å². The van der Waals surface area contributed by atoms with Crippen molar-refractivity contribution in [3.63, 3.8) is 0 Å². The molecule has 0 unspecified atom stereocenters. The van der Waals surface area contributed by atoms with E-state index in [0.29, 0.717) is 15.8 Å². The van der Waals surface area contributed by atoms with Crippen molar-refractivity contribution in [2.24, 2.45) is 0 Å². The number of rotatable bonds is 0. The van der Waals surface area contributed by atoms with Crippen molar-refractivity contribution >= 4 is 15.8 Å². The van der Waals surface area contributed by atoms with Gasteiger partial charge in [-0.3, -0.25) is 0 Å². The standard InChI is InChI=1S/C6H8As/c1-5-3-7-4-6(5)2/h3-4H,1-2H3. The molecule has 1 aliphatic rings. The molecule has 1 radical (unpaired) electrons. The summed E-state index contributed by atoms with van der Waals surface area (Å²) >= 11 is 0.458. The molecule has 0 aromatic heterocycles. The summed E-state index contributed by atoms with van der Waals surface area (Å²) in [4.78, 5) is 4.68. The van der Waals surface area contributed by atoms with Gasteiger partial charge < -0.3 is 0 Å². The van der Waals surface area contributed by atoms with E-state index >= 15 is 0 Å². The minimum atomic E-state index is 0.458. The molecule has 0 saturated carbocycles. The van der Waals surface area contributed by atoms with Gasteiger partial charge in [0.25, 0.3) is 0 Å². The molecule has 0 atom stereocenters. The third-order valence-electron chi connectivity index (χ3n) is 1.16. The van der Waals surface area contributed by atoms with Crippen molar-refractivity contribution < 1.29 is 0 Å². The number of allylic oxidation sites excluding steroid dienone is 2. The zero-order valence-corrected chi connectivity index (χ0v) is 6.48. The van der Waals surface area contributed by atoms with E-state index in [1.54, 1.807) is 0 Å². The van der Waals surface area contributed by atoms with Crippen LogP contribution in [0.5, 0.6) is 0 Å². The van der Waals surface area contributed by atoms with Gasteiger partial charge in [-0.25, -0.2) is 0 Å². The van der Waals surface area contributed by atoms with Crippen molar-refractivity contribution in [3.05, 3.63) is 20.9 Å². The van der Waals surface area contributed by atoms with Crippen LogP contribution < -0.4 is 0 Å². The zero-order chi connectivity index (χ0) is 5.28. The van der Waals surface area contributed by atoms with E-state index in [2.05, 4.69) is 23.6 Å². The van der Waals surface area contributed by atoms with Gasteiger partial charge in [0.15, 0.2) is 0 Å². The van der Waals surface area contributed by atoms with Gasteiger partial charge in [-0.15, -0.1) is 0 Å². The second-order valence-electron chi connectivity index (χ2n) is 1.77. The van der Waals surface area contributed by atoms with Gasteiger partial charge in [-0.1, -0.05) is 0 Å². The molecule has 0 aliphatic carbocycles. The van der Waals surface area contributed by atoms with Crippen LogP contribution >= 0.6 is 0 Å². The molecule has 7 heavy (non-hydrogen) atoms. The summed E-state index contributed by atoms with van der Waals surface area (Å²) in [6.45, 7) is 4.35. The first-order valence-corrected chi connectivity index (χ1v) is 4.51. The molecule has 0 fully saturated rings. The monoisotopic (exact) mass is 155 g/mol. The zero-order valence-electron chi connectivity index (χ0n) is 4.60. The Balaban J connectivity index is 2.78. The van der Waals surface area contributed by atoms with E-state index in [1.165, 1.54) is 11.1 Å². The van der Waals surface area contributed by atoms with Crippen LogP contribution in [-0.4, -0.2) is 15.8 Å². The van der Waals surface area contributed by atoms with Crippen LogP contribution in [0.15, 0.2) is 20.9 Å². The Hall–Kier alpha value is 0.0384. The molecule has 0 aromatic rings. The molecule has 1 rings (SSSR count). The maximum atomic E-state index is 2.34. The summed E-state index contributed by atoms with van der Waals surface area (Å²) in [5.74, 6) is 0. The molecule has 1 heterocycles. The van der Waals surface area contributed by atoms with E-state index in [-0.39, 0.29) is 0 Å². The van der Waals surface area contributed by atoms with E-state index in [9.17, 15) is 0 Å². The maximum absolute atomic E-state index is 2.34. The summed E-state index contributed by atoms with van der Waals surface area (Å²) in [7, 11) is 0. The average molecular weight is 155 g/mol. The second kappa shape index (κ2) is 1.88. The van der Waals surface area contributed by atoms with Crippen molar-refractivity contribution in [1.29, 1.82) is 0 Å². The summed E-state index contributed by atoms with van der Waals surface area (Å²) in [6, 6.07) is 0. The average Bonchev–Trinajstić information content (AvgIpc) is 1.91. The molecule has 37 valence electrons. The van der Waals surface area contributed by atoms with Crippen molar-refractivity contribution in [2.75, 3.05) is 0 Å². The SMILES string of the molecule is CC1=C[As]C=C1C. The Morgan fingerprint density at radius 3 is 1.71 bits per heavy atom. The summed E-state index contributed by atoms with van der Waals surface area (Å²) in [6.07, 6.45) is 0. The molecule has 0 aromatic carbocycles. The van der Waals surface area contributed by atoms with Crippen molar-refractivity contribution in [2.45, 2.75) is 13.8 Å². The van der Waals surface area contributed by atoms with E-state index in [1.807, 2.05) is 0 Å². The first-order valence-electron chi connectivity index (χ1n) is 2.34. The quantitative estimate of drug-likeness (QED) is 0.465. The van der Waals surface area contributed by atoms with Gasteiger partial charge in [0.1, 0.15) is 0 Å². The van der Waals surface area contributed by atoms with E-state index in [0.717, 1.165) is 0 Å². The van der Waals surface area contributed by atoms with Gasteiger partial charge in [0.05, 0.1) is 0 Å². The van der Waals surface area contributed by atoms with Crippen molar-refractivity contribution in [3.8, 4) is 0 Å². The van der Waals surface area contributed by atoms with Gasteiger partial charge in [0.2, 0.25) is 0 Å². The molecule has 0 spiro atoms. The first-order chi connectivity index (χ1) is 3.30. The molecule has 1 heteroatoms. The Labute approximate surface area is 51.0 Å². The van der Waals surface area contributed by atoms with E-state index in [4.69, 9.17) is 0 Å². The summed E-state index contributed by atoms with van der Waals surface area (Å²) in [5, 5.41) is 0. The van der Waals surface area contributed by atoms with Gasteiger partial charge in [-0.2, -0.15) is 0 Å². The van der Waals surface area contributed by atoms with Gasteiger partial charge >= 0.3 is 50.5 Å². The fourth-order valence-corrected chi connectivity index (χ4v) is 2.41. The first kappa shape index (κ1) is 5.18. The fraction of sp³-hybridized carbons (Fsp3) is 0.333. The Kier molecular flexibility index (Phi) is 1.39. The molecule has 1 aliphatic heterocycles. The third kappa shape index (κ3) is 0.977. The predicted molar refractivity (Wildman–Crippen MR) is 33.3 cm³/mol. The van der Waals surface area contributed by atoms with Gasteiger partial charge in [-0.05, 0) is 0 Å². The van der Waals surface area contributed by atoms with Crippen LogP contribution in [0.1, 0.15) is 13.8 Å². The van der Waals surface area contributed by atoms with Crippen LogP contribution in [0.25, 0.3) is 0 Å². The molecule has 0 saturated heterocycles. The van der Waals surface area contributed by atoms with Crippen molar-refractivity contribution in [1.82, 2.24) is 0 Å². The third-order valence-corrected chi connectivity index (χ3v) is 3.41. The van der Waals surface area contributed by atoms with Gasteiger partial charge in [0, 0.05) is 0 Å². The summed E-state index contributed by atoms with van der Waals surface area (Å²) < 4.78 is 0. The minimum absolute atomic E-state index is 0.458. The molecule has 0 amide bonds. The molecule has 0 bridgehead atoms. The molecular weight excluding hydrogens is 147 g/mol. The molecular formula is C6H8As. The van der Waals surface area contributed by atoms with Crippen LogP contribution in [0, 0.1) is 0 Å². The van der Waals surface area contributed by atoms with Crippen LogP contribution in [0.2, 0.25) is 0 Å². The summed E-state index contributed by atoms with van der Waals surface area (Å²) in [5.41, 5.74) is 2.97. The topological polar surface area (TPSA) is 0 Å². The predicted octanol–water partition coefficient (Wildman–Crippen LogP) is 1.51. The molecule has 0 nitrogen and oxygen atoms in total. The second-order valence-corrected chi connectivity index (χ2v) is 3.48. The fourth-order valence-electron chi connectivity index (χ4n) is 0.465. The number of hydrogen-bond donors (Lipinski definition) is 0. The Bertz CT molecular complexity index is 115. The Morgan fingerprint density at radius 1 is 1.14 bits per heavy atom.